The maximum Gasteiger partial charge on any atom is 0.253 e. The Morgan fingerprint density at radius 3 is 2.89 bits per heavy atom. The molecule has 0 aromatic heterocycles. The van der Waals surface area contributed by atoms with Crippen molar-refractivity contribution in [2.24, 2.45) is 0 Å². The van der Waals surface area contributed by atoms with Crippen LogP contribution in [0.15, 0.2) is 24.3 Å². The zero-order chi connectivity index (χ0) is 12.3. The van der Waals surface area contributed by atoms with Crippen molar-refractivity contribution in [3.63, 3.8) is 0 Å². The van der Waals surface area contributed by atoms with Crippen LogP contribution < -0.4 is 5.32 Å². The van der Waals surface area contributed by atoms with Crippen molar-refractivity contribution in [3.05, 3.63) is 35.6 Å². The van der Waals surface area contributed by atoms with E-state index in [1.165, 1.54) is 12.1 Å². The van der Waals surface area contributed by atoms with Gasteiger partial charge in [0.2, 0.25) is 0 Å². The predicted octanol–water partition coefficient (Wildman–Crippen LogP) is 2.07. The summed E-state index contributed by atoms with van der Waals surface area (Å²) in [5, 5.41) is 3.27. The number of nitrogens with one attached hydrogen (secondary N) is 1. The Bertz CT molecular complexity index is 408. The number of piperidine rings is 1. The first-order chi connectivity index (χ1) is 8.18. The average Bonchev–Trinajstić information content (AvgIpc) is 2.38. The van der Waals surface area contributed by atoms with E-state index < -0.39 is 0 Å². The van der Waals surface area contributed by atoms with Gasteiger partial charge in [-0.2, -0.15) is 0 Å². The van der Waals surface area contributed by atoms with Crippen molar-refractivity contribution < 1.29 is 9.18 Å². The molecule has 0 radical (unpaired) electrons. The molecule has 0 saturated carbocycles. The Balaban J connectivity index is 0.00000162. The molecule has 100 valence electrons. The van der Waals surface area contributed by atoms with Crippen LogP contribution in [0, 0.1) is 5.82 Å². The van der Waals surface area contributed by atoms with E-state index >= 15 is 0 Å². The molecule has 1 aliphatic heterocycles. The summed E-state index contributed by atoms with van der Waals surface area (Å²) in [7, 11) is 1.78. The highest BCUT2D eigenvalue weighted by Gasteiger charge is 2.22. The molecule has 1 aromatic carbocycles. The van der Waals surface area contributed by atoms with Crippen LogP contribution in [-0.2, 0) is 0 Å². The van der Waals surface area contributed by atoms with Gasteiger partial charge in [0, 0.05) is 25.2 Å². The molecular weight excluding hydrogens is 255 g/mol. The van der Waals surface area contributed by atoms with E-state index in [0.29, 0.717) is 5.56 Å². The van der Waals surface area contributed by atoms with Gasteiger partial charge in [-0.15, -0.1) is 12.4 Å². The molecule has 0 aliphatic carbocycles. The first-order valence-corrected chi connectivity index (χ1v) is 5.92. The monoisotopic (exact) mass is 272 g/mol. The molecule has 0 spiro atoms. The van der Waals surface area contributed by atoms with Crippen LogP contribution >= 0.6 is 12.4 Å². The summed E-state index contributed by atoms with van der Waals surface area (Å²) < 4.78 is 13.1. The van der Waals surface area contributed by atoms with Gasteiger partial charge in [-0.1, -0.05) is 6.07 Å². The molecule has 1 aliphatic rings. The van der Waals surface area contributed by atoms with Crippen LogP contribution in [0.3, 0.4) is 0 Å². The second kappa shape index (κ2) is 6.71. The second-order valence-corrected chi connectivity index (χ2v) is 4.43. The van der Waals surface area contributed by atoms with Crippen LogP contribution in [0.4, 0.5) is 4.39 Å². The van der Waals surface area contributed by atoms with E-state index in [9.17, 15) is 9.18 Å². The molecule has 1 aromatic rings. The Labute approximate surface area is 113 Å². The highest BCUT2D eigenvalue weighted by Crippen LogP contribution is 2.13. The summed E-state index contributed by atoms with van der Waals surface area (Å²) in [6, 6.07) is 6.06. The van der Waals surface area contributed by atoms with Gasteiger partial charge in [0.1, 0.15) is 5.82 Å². The van der Waals surface area contributed by atoms with Crippen LogP contribution in [0.2, 0.25) is 0 Å². The molecule has 2 rings (SSSR count). The van der Waals surface area contributed by atoms with Crippen molar-refractivity contribution in [1.29, 1.82) is 0 Å². The van der Waals surface area contributed by atoms with Crippen molar-refractivity contribution in [3.8, 4) is 0 Å². The zero-order valence-corrected chi connectivity index (χ0v) is 11.2. The number of amides is 1. The molecule has 1 amide bonds. The lowest BCUT2D eigenvalue weighted by Crippen LogP contribution is -2.46. The van der Waals surface area contributed by atoms with E-state index in [2.05, 4.69) is 5.32 Å². The molecule has 18 heavy (non-hydrogen) atoms. The van der Waals surface area contributed by atoms with Gasteiger partial charge in [-0.25, -0.2) is 4.39 Å². The lowest BCUT2D eigenvalue weighted by Gasteiger charge is -2.31. The molecule has 1 heterocycles. The predicted molar refractivity (Wildman–Crippen MR) is 71.6 cm³/mol. The third kappa shape index (κ3) is 3.43. The van der Waals surface area contributed by atoms with Crippen LogP contribution in [0.25, 0.3) is 0 Å². The first-order valence-electron chi connectivity index (χ1n) is 5.92. The topological polar surface area (TPSA) is 32.3 Å². The summed E-state index contributed by atoms with van der Waals surface area (Å²) in [6.45, 7) is 1.83. The molecule has 1 fully saturated rings. The zero-order valence-electron chi connectivity index (χ0n) is 10.4. The number of rotatable bonds is 2. The molecule has 3 nitrogen and oxygen atoms in total. The van der Waals surface area contributed by atoms with Gasteiger partial charge >= 0.3 is 0 Å². The van der Waals surface area contributed by atoms with E-state index in [-0.39, 0.29) is 30.2 Å². The molecule has 1 unspecified atom stereocenters. The maximum atomic E-state index is 13.1. The summed E-state index contributed by atoms with van der Waals surface area (Å²) in [5.41, 5.74) is 0.415. The molecule has 0 bridgehead atoms. The van der Waals surface area contributed by atoms with Crippen LogP contribution in [-0.4, -0.2) is 37.0 Å². The highest BCUT2D eigenvalue weighted by atomic mass is 35.5. The van der Waals surface area contributed by atoms with E-state index in [1.807, 2.05) is 0 Å². The number of hydrogen-bond acceptors (Lipinski definition) is 2. The Morgan fingerprint density at radius 2 is 2.28 bits per heavy atom. The van der Waals surface area contributed by atoms with Crippen molar-refractivity contribution in [2.45, 2.75) is 18.9 Å². The minimum atomic E-state index is -0.369. The van der Waals surface area contributed by atoms with Gasteiger partial charge in [0.05, 0.1) is 0 Å². The minimum absolute atomic E-state index is 0. The number of halogens is 2. The second-order valence-electron chi connectivity index (χ2n) is 4.43. The number of benzene rings is 1. The quantitative estimate of drug-likeness (QED) is 0.894. The largest absolute Gasteiger partial charge is 0.337 e. The lowest BCUT2D eigenvalue weighted by molar-refractivity contribution is 0.0708. The highest BCUT2D eigenvalue weighted by molar-refractivity contribution is 5.94. The number of nitrogens with zero attached hydrogens (tertiary/aromatic N) is 1. The normalized spacial score (nSPS) is 18.9. The Hall–Kier alpha value is -1.13. The fourth-order valence-electron chi connectivity index (χ4n) is 2.15. The minimum Gasteiger partial charge on any atom is -0.337 e. The number of carbonyl (C=O) groups is 1. The van der Waals surface area contributed by atoms with Crippen LogP contribution in [0.1, 0.15) is 23.2 Å². The van der Waals surface area contributed by atoms with Crippen molar-refractivity contribution >= 4 is 18.3 Å². The van der Waals surface area contributed by atoms with E-state index in [4.69, 9.17) is 0 Å². The summed E-state index contributed by atoms with van der Waals surface area (Å²) >= 11 is 0. The van der Waals surface area contributed by atoms with Crippen LogP contribution in [0.5, 0.6) is 0 Å². The standard InChI is InChI=1S/C13H17FN2O.ClH/c1-16(12-6-3-7-15-9-12)13(17)10-4-2-5-11(14)8-10;/h2,4-5,8,12,15H,3,6-7,9H2,1H3;1H. The summed E-state index contributed by atoms with van der Waals surface area (Å²) in [6.07, 6.45) is 2.08. The summed E-state index contributed by atoms with van der Waals surface area (Å²) in [5.74, 6) is -0.482. The number of carbonyl (C=O) groups excluding carboxylic acids is 1. The Morgan fingerprint density at radius 1 is 1.50 bits per heavy atom. The molecule has 1 atom stereocenters. The number of hydrogen-bond donors (Lipinski definition) is 1. The average molecular weight is 273 g/mol. The van der Waals surface area contributed by atoms with Gasteiger partial charge in [0.25, 0.3) is 5.91 Å². The van der Waals surface area contributed by atoms with Crippen molar-refractivity contribution in [1.82, 2.24) is 10.2 Å². The third-order valence-electron chi connectivity index (χ3n) is 3.21. The molecule has 1 N–H and O–H groups in total. The van der Waals surface area contributed by atoms with Gasteiger partial charge in [-0.3, -0.25) is 4.79 Å². The van der Waals surface area contributed by atoms with Gasteiger partial charge < -0.3 is 10.2 Å². The van der Waals surface area contributed by atoms with E-state index in [1.54, 1.807) is 24.1 Å². The Kier molecular flexibility index (Phi) is 5.56. The first kappa shape index (κ1) is 14.9. The SMILES string of the molecule is CN(C(=O)c1cccc(F)c1)C1CCCNC1.Cl. The number of likely N-dealkylation sites (N-methyl/N-ethyl adjacent to an activating group) is 1. The third-order valence-corrected chi connectivity index (χ3v) is 3.21. The van der Waals surface area contributed by atoms with E-state index in [0.717, 1.165) is 25.9 Å². The van der Waals surface area contributed by atoms with Gasteiger partial charge in [-0.05, 0) is 37.6 Å². The lowest BCUT2D eigenvalue weighted by atomic mass is 10.1. The molecular formula is C13H18ClFN2O. The fourth-order valence-corrected chi connectivity index (χ4v) is 2.15. The van der Waals surface area contributed by atoms with Crippen molar-refractivity contribution in [2.75, 3.05) is 20.1 Å². The molecule has 5 heteroatoms. The van der Waals surface area contributed by atoms with Gasteiger partial charge in [0.15, 0.2) is 0 Å². The smallest absolute Gasteiger partial charge is 0.253 e. The molecule has 1 saturated heterocycles. The summed E-state index contributed by atoms with van der Waals surface area (Å²) in [4.78, 5) is 13.8. The maximum absolute atomic E-state index is 13.1. The fraction of sp³-hybridized carbons (Fsp3) is 0.462.